The molecule has 84 valence electrons. The van der Waals surface area contributed by atoms with Gasteiger partial charge in [0.1, 0.15) is 5.69 Å². The smallest absolute Gasteiger partial charge is 0.262 e. The van der Waals surface area contributed by atoms with Crippen molar-refractivity contribution in [2.75, 3.05) is 0 Å². The van der Waals surface area contributed by atoms with E-state index >= 15 is 0 Å². The van der Waals surface area contributed by atoms with Gasteiger partial charge in [-0.15, -0.1) is 5.10 Å². The number of hydrogen-bond acceptors (Lipinski definition) is 3. The highest BCUT2D eigenvalue weighted by molar-refractivity contribution is 5.99. The number of para-hydroxylation sites is 1. The molecule has 1 aromatic carbocycles. The molecule has 0 amide bonds. The first-order chi connectivity index (χ1) is 8.36. The lowest BCUT2D eigenvalue weighted by Crippen LogP contribution is -2.07. The first kappa shape index (κ1) is 9.84. The van der Waals surface area contributed by atoms with Crippen LogP contribution in [0.4, 0.5) is 0 Å². The molecule has 0 saturated heterocycles. The fourth-order valence-corrected chi connectivity index (χ4v) is 1.89. The summed E-state index contributed by atoms with van der Waals surface area (Å²) in [6.07, 6.45) is 4.88. The Balaban J connectivity index is 2.17. The van der Waals surface area contributed by atoms with Gasteiger partial charge in [0, 0.05) is 18.0 Å². The Labute approximate surface area is 98.5 Å². The van der Waals surface area contributed by atoms with E-state index in [1.807, 2.05) is 29.8 Å². The Bertz CT molecular complexity index is 650. The van der Waals surface area contributed by atoms with E-state index in [9.17, 15) is 0 Å². The second-order valence-corrected chi connectivity index (χ2v) is 3.76. The number of nitrogens with zero attached hydrogens (tertiary/aromatic N) is 3. The van der Waals surface area contributed by atoms with E-state index in [2.05, 4.69) is 22.3 Å². The minimum absolute atomic E-state index is 0.508. The van der Waals surface area contributed by atoms with Crippen LogP contribution in [-0.4, -0.2) is 16.7 Å². The highest BCUT2D eigenvalue weighted by atomic mass is 16.5. The van der Waals surface area contributed by atoms with Crippen LogP contribution in [0.2, 0.25) is 0 Å². The molecular formula is C13H11N3O. The van der Waals surface area contributed by atoms with Crippen molar-refractivity contribution in [2.45, 2.75) is 0 Å². The maximum Gasteiger partial charge on any atom is 0.262 e. The molecule has 0 radical (unpaired) electrons. The van der Waals surface area contributed by atoms with Gasteiger partial charge in [0.2, 0.25) is 0 Å². The van der Waals surface area contributed by atoms with E-state index in [1.165, 1.54) is 0 Å². The second-order valence-electron chi connectivity index (χ2n) is 3.76. The molecule has 0 spiro atoms. The molecule has 0 N–H and O–H groups in total. The predicted octanol–water partition coefficient (Wildman–Crippen LogP) is 2.45. The molecule has 4 heteroatoms. The largest absolute Gasteiger partial charge is 0.444 e. The zero-order chi connectivity index (χ0) is 11.7. The van der Waals surface area contributed by atoms with Gasteiger partial charge in [-0.3, -0.25) is 0 Å². The number of allylic oxidation sites excluding steroid dienone is 1. The minimum atomic E-state index is 0.508. The van der Waals surface area contributed by atoms with Crippen LogP contribution in [0, 0.1) is 0 Å². The van der Waals surface area contributed by atoms with Gasteiger partial charge < -0.3 is 9.30 Å². The van der Waals surface area contributed by atoms with Crippen LogP contribution in [0.1, 0.15) is 5.69 Å². The summed E-state index contributed by atoms with van der Waals surface area (Å²) in [6, 6.07) is 10.2. The maximum absolute atomic E-state index is 5.42. The Hall–Kier alpha value is -2.36. The fraction of sp³-hybridized carbons (Fsp3) is 0.0769. The van der Waals surface area contributed by atoms with Crippen molar-refractivity contribution in [1.29, 1.82) is 0 Å². The summed E-state index contributed by atoms with van der Waals surface area (Å²) in [5.41, 5.74) is 2.06. The summed E-state index contributed by atoms with van der Waals surface area (Å²) in [5, 5.41) is 9.07. The van der Waals surface area contributed by atoms with Crippen LogP contribution in [0.5, 0.6) is 0 Å². The highest BCUT2D eigenvalue weighted by Crippen LogP contribution is 2.19. The molecule has 1 aliphatic rings. The normalized spacial score (nSPS) is 14.5. The number of hydrogen-bond donors (Lipinski definition) is 0. The zero-order valence-corrected chi connectivity index (χ0v) is 9.37. The van der Waals surface area contributed by atoms with Crippen molar-refractivity contribution < 1.29 is 4.74 Å². The third kappa shape index (κ3) is 1.63. The van der Waals surface area contributed by atoms with Crippen molar-refractivity contribution in [1.82, 2.24) is 4.57 Å². The minimum Gasteiger partial charge on any atom is -0.444 e. The monoisotopic (exact) mass is 225 g/mol. The fourth-order valence-electron chi connectivity index (χ4n) is 1.89. The van der Waals surface area contributed by atoms with E-state index in [1.54, 1.807) is 18.6 Å². The Kier molecular flexibility index (Phi) is 2.26. The van der Waals surface area contributed by atoms with Crippen LogP contribution in [0.3, 0.4) is 0 Å². The number of fused-ring (bicyclic) bond motifs is 1. The topological polar surface area (TPSA) is 38.9 Å². The molecule has 0 fully saturated rings. The number of aryl methyl sites for hydroxylation is 1. The quantitative estimate of drug-likeness (QED) is 0.734. The summed E-state index contributed by atoms with van der Waals surface area (Å²) in [4.78, 5) is 0. The lowest BCUT2D eigenvalue weighted by Gasteiger charge is -2.04. The van der Waals surface area contributed by atoms with Gasteiger partial charge in [-0.25, -0.2) is 0 Å². The van der Waals surface area contributed by atoms with E-state index in [-0.39, 0.29) is 0 Å². The van der Waals surface area contributed by atoms with E-state index in [4.69, 9.17) is 4.74 Å². The third-order valence-corrected chi connectivity index (χ3v) is 2.73. The number of ether oxygens (including phenoxy) is 1. The molecule has 0 atom stereocenters. The van der Waals surface area contributed by atoms with E-state index < -0.39 is 0 Å². The first-order valence-electron chi connectivity index (χ1n) is 5.34. The van der Waals surface area contributed by atoms with Crippen molar-refractivity contribution in [3.8, 4) is 0 Å². The third-order valence-electron chi connectivity index (χ3n) is 2.73. The average Bonchev–Trinajstić information content (AvgIpc) is 2.57. The molecule has 1 aliphatic heterocycles. The Morgan fingerprint density at radius 2 is 2.12 bits per heavy atom. The maximum atomic E-state index is 5.42. The van der Waals surface area contributed by atoms with Crippen molar-refractivity contribution in [3.63, 3.8) is 0 Å². The summed E-state index contributed by atoms with van der Waals surface area (Å²) in [7, 11) is 1.99. The zero-order valence-electron chi connectivity index (χ0n) is 9.37. The molecule has 2 heterocycles. The molecule has 0 bridgehead atoms. The molecule has 3 rings (SSSR count). The van der Waals surface area contributed by atoms with Crippen LogP contribution in [-0.2, 0) is 11.8 Å². The predicted molar refractivity (Wildman–Crippen MR) is 68.2 cm³/mol. The van der Waals surface area contributed by atoms with Gasteiger partial charge in [-0.1, -0.05) is 18.2 Å². The van der Waals surface area contributed by atoms with E-state index in [0.717, 1.165) is 16.6 Å². The SMILES string of the molecule is Cn1c(C2=NN=CC=CO2)cc2ccccc21. The van der Waals surface area contributed by atoms with Crippen LogP contribution >= 0.6 is 0 Å². The molecule has 0 saturated carbocycles. The summed E-state index contributed by atoms with van der Waals surface area (Å²) in [5.74, 6) is 0.508. The van der Waals surface area contributed by atoms with Crippen molar-refractivity contribution >= 4 is 23.0 Å². The first-order valence-corrected chi connectivity index (χ1v) is 5.34. The van der Waals surface area contributed by atoms with Crippen LogP contribution in [0.25, 0.3) is 10.9 Å². The average molecular weight is 225 g/mol. The molecule has 0 unspecified atom stereocenters. The van der Waals surface area contributed by atoms with Crippen molar-refractivity contribution in [2.24, 2.45) is 17.3 Å². The van der Waals surface area contributed by atoms with Gasteiger partial charge in [0.05, 0.1) is 12.5 Å². The van der Waals surface area contributed by atoms with Gasteiger partial charge in [-0.2, -0.15) is 5.10 Å². The van der Waals surface area contributed by atoms with Gasteiger partial charge in [0.25, 0.3) is 5.90 Å². The Morgan fingerprint density at radius 1 is 1.24 bits per heavy atom. The van der Waals surface area contributed by atoms with Gasteiger partial charge in [-0.05, 0) is 18.2 Å². The van der Waals surface area contributed by atoms with Crippen LogP contribution < -0.4 is 0 Å². The second kappa shape index (κ2) is 3.90. The highest BCUT2D eigenvalue weighted by Gasteiger charge is 2.12. The van der Waals surface area contributed by atoms with Gasteiger partial charge >= 0.3 is 0 Å². The molecule has 4 nitrogen and oxygen atoms in total. The molecule has 17 heavy (non-hydrogen) atoms. The number of aromatic nitrogens is 1. The molecule has 1 aromatic heterocycles. The molecule has 0 aliphatic carbocycles. The van der Waals surface area contributed by atoms with Crippen LogP contribution in [0.15, 0.2) is 52.9 Å². The van der Waals surface area contributed by atoms with Crippen molar-refractivity contribution in [3.05, 3.63) is 48.4 Å². The van der Waals surface area contributed by atoms with Gasteiger partial charge in [0.15, 0.2) is 0 Å². The Morgan fingerprint density at radius 3 is 3.00 bits per heavy atom. The summed E-state index contributed by atoms with van der Waals surface area (Å²) < 4.78 is 7.47. The lowest BCUT2D eigenvalue weighted by molar-refractivity contribution is 0.470. The summed E-state index contributed by atoms with van der Waals surface area (Å²) >= 11 is 0. The number of benzene rings is 1. The number of rotatable bonds is 1. The standard InChI is InChI=1S/C13H11N3O/c1-16-11-6-3-2-5-10(11)9-12(16)13-15-14-7-4-8-17-13/h2-9H,1H3. The molecular weight excluding hydrogens is 214 g/mol. The lowest BCUT2D eigenvalue weighted by atomic mass is 10.2. The summed E-state index contributed by atoms with van der Waals surface area (Å²) in [6.45, 7) is 0. The van der Waals surface area contributed by atoms with E-state index in [0.29, 0.717) is 5.90 Å². The molecule has 2 aromatic rings.